The number of hydrogen-bond acceptors (Lipinski definition) is 4. The van der Waals surface area contributed by atoms with Crippen molar-refractivity contribution < 1.29 is 14.3 Å². The number of benzene rings is 1. The second-order valence-corrected chi connectivity index (χ2v) is 6.11. The Balaban J connectivity index is 1.78. The van der Waals surface area contributed by atoms with Crippen LogP contribution in [0.5, 0.6) is 0 Å². The predicted octanol–water partition coefficient (Wildman–Crippen LogP) is 2.05. The zero-order chi connectivity index (χ0) is 16.1. The van der Waals surface area contributed by atoms with Crippen LogP contribution >= 0.6 is 11.6 Å². The van der Waals surface area contributed by atoms with Crippen LogP contribution in [-0.4, -0.2) is 61.5 Å². The Hall–Kier alpha value is -1.59. The fourth-order valence-corrected chi connectivity index (χ4v) is 2.45. The monoisotopic (exact) mass is 324 g/mol. The lowest BCUT2D eigenvalue weighted by atomic mass is 10.1. The Kier molecular flexibility index (Phi) is 5.80. The van der Waals surface area contributed by atoms with Crippen LogP contribution in [0.2, 0.25) is 5.02 Å². The average Bonchev–Trinajstić information content (AvgIpc) is 2.49. The minimum atomic E-state index is -0.320. The third kappa shape index (κ3) is 4.71. The van der Waals surface area contributed by atoms with Crippen molar-refractivity contribution in [1.82, 2.24) is 9.80 Å². The van der Waals surface area contributed by atoms with Gasteiger partial charge >= 0.3 is 5.97 Å². The lowest BCUT2D eigenvalue weighted by molar-refractivity contribution is -0.130. The topological polar surface area (TPSA) is 49.9 Å². The van der Waals surface area contributed by atoms with Crippen LogP contribution in [0.15, 0.2) is 24.3 Å². The van der Waals surface area contributed by atoms with Crippen LogP contribution in [0.25, 0.3) is 0 Å². The van der Waals surface area contributed by atoms with Gasteiger partial charge in [-0.2, -0.15) is 0 Å². The van der Waals surface area contributed by atoms with E-state index in [2.05, 4.69) is 4.90 Å². The van der Waals surface area contributed by atoms with Gasteiger partial charge in [-0.25, -0.2) is 4.79 Å². The fraction of sp³-hybridized carbons (Fsp3) is 0.500. The molecular formula is C16H21ClN2O3. The highest BCUT2D eigenvalue weighted by Gasteiger charge is 2.24. The van der Waals surface area contributed by atoms with Crippen LogP contribution in [0.3, 0.4) is 0 Å². The molecule has 0 radical (unpaired) electrons. The summed E-state index contributed by atoms with van der Waals surface area (Å²) in [6.07, 6.45) is 1.41. The maximum Gasteiger partial charge on any atom is 0.338 e. The highest BCUT2D eigenvalue weighted by molar-refractivity contribution is 6.30. The van der Waals surface area contributed by atoms with Gasteiger partial charge in [0.15, 0.2) is 0 Å². The predicted molar refractivity (Wildman–Crippen MR) is 85.0 cm³/mol. The van der Waals surface area contributed by atoms with Gasteiger partial charge in [0.25, 0.3) is 0 Å². The summed E-state index contributed by atoms with van der Waals surface area (Å²) in [6.45, 7) is 1.95. The van der Waals surface area contributed by atoms with Crippen LogP contribution in [0, 0.1) is 0 Å². The molecule has 5 nitrogen and oxygen atoms in total. The largest absolute Gasteiger partial charge is 0.459 e. The van der Waals surface area contributed by atoms with Gasteiger partial charge in [-0.15, -0.1) is 0 Å². The lowest BCUT2D eigenvalue weighted by Gasteiger charge is -2.31. The number of amides is 1. The number of esters is 1. The highest BCUT2D eigenvalue weighted by atomic mass is 35.5. The quantitative estimate of drug-likeness (QED) is 0.795. The molecule has 1 aromatic rings. The molecule has 2 rings (SSSR count). The molecule has 0 N–H and O–H groups in total. The molecule has 1 heterocycles. The first-order valence-corrected chi connectivity index (χ1v) is 7.72. The molecule has 0 atom stereocenters. The maximum absolute atomic E-state index is 12.0. The number of carbonyl (C=O) groups is 2. The molecule has 1 aliphatic rings. The van der Waals surface area contributed by atoms with E-state index in [1.807, 2.05) is 0 Å². The number of piperidine rings is 1. The van der Waals surface area contributed by atoms with Gasteiger partial charge in [0.05, 0.1) is 12.1 Å². The van der Waals surface area contributed by atoms with Crippen molar-refractivity contribution in [2.75, 3.05) is 33.7 Å². The molecule has 22 heavy (non-hydrogen) atoms. The summed E-state index contributed by atoms with van der Waals surface area (Å²) in [4.78, 5) is 27.4. The van der Waals surface area contributed by atoms with Gasteiger partial charge in [-0.1, -0.05) is 11.6 Å². The van der Waals surface area contributed by atoms with Gasteiger partial charge in [0.1, 0.15) is 6.10 Å². The number of nitrogens with zero attached hydrogens (tertiary/aromatic N) is 2. The zero-order valence-corrected chi connectivity index (χ0v) is 13.7. The van der Waals surface area contributed by atoms with Crippen molar-refractivity contribution in [3.8, 4) is 0 Å². The molecule has 6 heteroatoms. The first kappa shape index (κ1) is 16.8. The smallest absolute Gasteiger partial charge is 0.338 e. The number of halogens is 1. The van der Waals surface area contributed by atoms with Gasteiger partial charge in [0.2, 0.25) is 5.91 Å². The van der Waals surface area contributed by atoms with Crippen molar-refractivity contribution in [2.45, 2.75) is 18.9 Å². The highest BCUT2D eigenvalue weighted by Crippen LogP contribution is 2.17. The van der Waals surface area contributed by atoms with Crippen LogP contribution in [-0.2, 0) is 9.53 Å². The molecule has 1 aromatic carbocycles. The Morgan fingerprint density at radius 2 is 1.82 bits per heavy atom. The van der Waals surface area contributed by atoms with Crippen molar-refractivity contribution in [3.63, 3.8) is 0 Å². The maximum atomic E-state index is 12.0. The van der Waals surface area contributed by atoms with E-state index in [0.717, 1.165) is 25.9 Å². The lowest BCUT2D eigenvalue weighted by Crippen LogP contribution is -2.43. The second-order valence-electron chi connectivity index (χ2n) is 5.68. The number of rotatable bonds is 4. The van der Waals surface area contributed by atoms with E-state index in [4.69, 9.17) is 16.3 Å². The second kappa shape index (κ2) is 7.61. The van der Waals surface area contributed by atoms with E-state index in [-0.39, 0.29) is 18.0 Å². The van der Waals surface area contributed by atoms with E-state index in [0.29, 0.717) is 17.1 Å². The molecule has 1 aliphatic heterocycles. The van der Waals surface area contributed by atoms with Gasteiger partial charge < -0.3 is 9.64 Å². The Morgan fingerprint density at radius 1 is 1.23 bits per heavy atom. The first-order valence-electron chi connectivity index (χ1n) is 7.35. The molecule has 0 saturated carbocycles. The third-order valence-electron chi connectivity index (χ3n) is 3.75. The molecule has 0 bridgehead atoms. The SMILES string of the molecule is CN(C)C(=O)CN1CCC(OC(=O)c2ccc(Cl)cc2)CC1. The van der Waals surface area contributed by atoms with Crippen molar-refractivity contribution in [2.24, 2.45) is 0 Å². The van der Waals surface area contributed by atoms with Gasteiger partial charge in [0, 0.05) is 32.2 Å². The third-order valence-corrected chi connectivity index (χ3v) is 4.00. The molecule has 0 aliphatic carbocycles. The summed E-state index contributed by atoms with van der Waals surface area (Å²) < 4.78 is 5.51. The minimum Gasteiger partial charge on any atom is -0.459 e. The fourth-order valence-electron chi connectivity index (χ4n) is 2.32. The summed E-state index contributed by atoms with van der Waals surface area (Å²) in [5, 5.41) is 0.593. The molecular weight excluding hydrogens is 304 g/mol. The Labute approximate surface area is 135 Å². The molecule has 1 fully saturated rings. The van der Waals surface area contributed by atoms with E-state index >= 15 is 0 Å². The van der Waals surface area contributed by atoms with E-state index in [9.17, 15) is 9.59 Å². The summed E-state index contributed by atoms with van der Waals surface area (Å²) in [6, 6.07) is 6.67. The van der Waals surface area contributed by atoms with Crippen LogP contribution < -0.4 is 0 Å². The molecule has 0 unspecified atom stereocenters. The van der Waals surface area contributed by atoms with E-state index < -0.39 is 0 Å². The molecule has 0 aromatic heterocycles. The number of likely N-dealkylation sites (N-methyl/N-ethyl adjacent to an activating group) is 1. The molecule has 0 spiro atoms. The first-order chi connectivity index (χ1) is 10.5. The number of ether oxygens (including phenoxy) is 1. The zero-order valence-electron chi connectivity index (χ0n) is 12.9. The summed E-state index contributed by atoms with van der Waals surface area (Å²) in [7, 11) is 3.51. The number of hydrogen-bond donors (Lipinski definition) is 0. The van der Waals surface area contributed by atoms with Gasteiger partial charge in [-0.3, -0.25) is 9.69 Å². The minimum absolute atomic E-state index is 0.0890. The van der Waals surface area contributed by atoms with Crippen molar-refractivity contribution in [1.29, 1.82) is 0 Å². The Bertz CT molecular complexity index is 523. The summed E-state index contributed by atoms with van der Waals surface area (Å²) in [5.74, 6) is -0.226. The molecule has 1 amide bonds. The summed E-state index contributed by atoms with van der Waals surface area (Å²) >= 11 is 5.80. The van der Waals surface area contributed by atoms with Gasteiger partial charge in [-0.05, 0) is 37.1 Å². The number of likely N-dealkylation sites (tertiary alicyclic amines) is 1. The van der Waals surface area contributed by atoms with E-state index in [1.165, 1.54) is 0 Å². The van der Waals surface area contributed by atoms with Crippen molar-refractivity contribution in [3.05, 3.63) is 34.9 Å². The van der Waals surface area contributed by atoms with Crippen LogP contribution in [0.4, 0.5) is 0 Å². The molecule has 120 valence electrons. The van der Waals surface area contributed by atoms with E-state index in [1.54, 1.807) is 43.3 Å². The number of carbonyl (C=O) groups excluding carboxylic acids is 2. The Morgan fingerprint density at radius 3 is 2.36 bits per heavy atom. The summed E-state index contributed by atoms with van der Waals surface area (Å²) in [5.41, 5.74) is 0.509. The molecule has 1 saturated heterocycles. The average molecular weight is 325 g/mol. The standard InChI is InChI=1S/C16H21ClN2O3/c1-18(2)15(20)11-19-9-7-14(8-10-19)22-16(21)12-3-5-13(17)6-4-12/h3-6,14H,7-11H2,1-2H3. The van der Waals surface area contributed by atoms with Crippen LogP contribution in [0.1, 0.15) is 23.2 Å². The van der Waals surface area contributed by atoms with Crippen molar-refractivity contribution >= 4 is 23.5 Å². The normalized spacial score (nSPS) is 16.3.